The molecule has 3 rings (SSSR count). The smallest absolute Gasteiger partial charge is 0.220 e. The first-order valence-corrected chi connectivity index (χ1v) is 7.83. The second-order valence-electron chi connectivity index (χ2n) is 6.03. The normalized spacial score (nSPS) is 15.5. The van der Waals surface area contributed by atoms with Crippen LogP contribution in [0.25, 0.3) is 0 Å². The number of hydrogen-bond donors (Lipinski definition) is 1. The molecule has 0 aliphatic heterocycles. The Hall–Kier alpha value is -2.17. The van der Waals surface area contributed by atoms with Crippen LogP contribution in [0.15, 0.2) is 30.6 Å². The predicted octanol–water partition coefficient (Wildman–Crippen LogP) is 2.32. The molecule has 2 heterocycles. The van der Waals surface area contributed by atoms with Crippen LogP contribution in [0.5, 0.6) is 0 Å². The van der Waals surface area contributed by atoms with Gasteiger partial charge in [-0.15, -0.1) is 0 Å². The van der Waals surface area contributed by atoms with Crippen LogP contribution in [0.2, 0.25) is 0 Å². The molecule has 1 aliphatic carbocycles. The molecule has 1 fully saturated rings. The van der Waals surface area contributed by atoms with E-state index in [0.717, 1.165) is 17.0 Å². The highest BCUT2D eigenvalue weighted by atomic mass is 16.1. The van der Waals surface area contributed by atoms with E-state index in [1.165, 1.54) is 12.8 Å². The van der Waals surface area contributed by atoms with Crippen LogP contribution < -0.4 is 5.32 Å². The molecule has 2 aromatic heterocycles. The zero-order chi connectivity index (χ0) is 15.5. The molecule has 0 aromatic carbocycles. The van der Waals surface area contributed by atoms with Crippen LogP contribution in [0.4, 0.5) is 0 Å². The number of aryl methyl sites for hydroxylation is 3. The van der Waals surface area contributed by atoms with Gasteiger partial charge in [-0.2, -0.15) is 5.10 Å². The lowest BCUT2D eigenvalue weighted by molar-refractivity contribution is -0.122. The lowest BCUT2D eigenvalue weighted by atomic mass is 10.0. The van der Waals surface area contributed by atoms with Crippen molar-refractivity contribution in [2.75, 3.05) is 0 Å². The molecule has 0 radical (unpaired) electrons. The topological polar surface area (TPSA) is 59.8 Å². The van der Waals surface area contributed by atoms with E-state index in [-0.39, 0.29) is 11.9 Å². The van der Waals surface area contributed by atoms with Gasteiger partial charge in [0, 0.05) is 31.6 Å². The molecule has 2 aromatic rings. The van der Waals surface area contributed by atoms with E-state index in [1.54, 1.807) is 12.4 Å². The summed E-state index contributed by atoms with van der Waals surface area (Å²) in [5, 5.41) is 7.31. The summed E-state index contributed by atoms with van der Waals surface area (Å²) in [7, 11) is 1.90. The number of hydrogen-bond acceptors (Lipinski definition) is 3. The van der Waals surface area contributed by atoms with Crippen molar-refractivity contribution in [3.63, 3.8) is 0 Å². The van der Waals surface area contributed by atoms with E-state index in [2.05, 4.69) is 28.4 Å². The fraction of sp³-hybridized carbons (Fsp3) is 0.471. The Morgan fingerprint density at radius 1 is 1.41 bits per heavy atom. The average Bonchev–Trinajstić information content (AvgIpc) is 3.26. The van der Waals surface area contributed by atoms with E-state index >= 15 is 0 Å². The molecule has 0 spiro atoms. The minimum Gasteiger partial charge on any atom is -0.347 e. The SMILES string of the molecule is Cc1cccnc1C(NC(=O)CCc1ccnn1C)C1CC1. The molecule has 1 saturated carbocycles. The lowest BCUT2D eigenvalue weighted by Gasteiger charge is -2.19. The average molecular weight is 298 g/mol. The molecule has 1 amide bonds. The van der Waals surface area contributed by atoms with Gasteiger partial charge in [-0.3, -0.25) is 14.5 Å². The number of carbonyl (C=O) groups is 1. The van der Waals surface area contributed by atoms with Crippen molar-refractivity contribution < 1.29 is 4.79 Å². The first-order valence-electron chi connectivity index (χ1n) is 7.83. The van der Waals surface area contributed by atoms with Gasteiger partial charge in [0.05, 0.1) is 11.7 Å². The summed E-state index contributed by atoms with van der Waals surface area (Å²) < 4.78 is 1.81. The third-order valence-corrected chi connectivity index (χ3v) is 4.29. The number of amides is 1. The molecule has 1 unspecified atom stereocenters. The van der Waals surface area contributed by atoms with Crippen molar-refractivity contribution in [3.05, 3.63) is 47.5 Å². The molecule has 5 heteroatoms. The monoisotopic (exact) mass is 298 g/mol. The lowest BCUT2D eigenvalue weighted by Crippen LogP contribution is -2.31. The highest BCUT2D eigenvalue weighted by Crippen LogP contribution is 2.41. The molecule has 22 heavy (non-hydrogen) atoms. The van der Waals surface area contributed by atoms with Crippen LogP contribution in [0.3, 0.4) is 0 Å². The van der Waals surface area contributed by atoms with Gasteiger partial charge < -0.3 is 5.32 Å². The van der Waals surface area contributed by atoms with E-state index in [0.29, 0.717) is 18.8 Å². The van der Waals surface area contributed by atoms with Gasteiger partial charge in [-0.1, -0.05) is 6.07 Å². The molecule has 0 saturated heterocycles. The van der Waals surface area contributed by atoms with Gasteiger partial charge in [0.1, 0.15) is 0 Å². The van der Waals surface area contributed by atoms with E-state index < -0.39 is 0 Å². The predicted molar refractivity (Wildman–Crippen MR) is 84.1 cm³/mol. The molecule has 1 atom stereocenters. The summed E-state index contributed by atoms with van der Waals surface area (Å²) in [6.07, 6.45) is 7.10. The second kappa shape index (κ2) is 6.30. The number of pyridine rings is 1. The molecular formula is C17H22N4O. The maximum atomic E-state index is 12.3. The van der Waals surface area contributed by atoms with Crippen LogP contribution in [0.1, 0.15) is 42.3 Å². The first kappa shape index (κ1) is 14.8. The Morgan fingerprint density at radius 2 is 2.23 bits per heavy atom. The first-order chi connectivity index (χ1) is 10.6. The number of aromatic nitrogens is 3. The molecule has 1 aliphatic rings. The Bertz CT molecular complexity index is 660. The van der Waals surface area contributed by atoms with E-state index in [1.807, 2.05) is 23.9 Å². The Labute approximate surface area is 130 Å². The van der Waals surface area contributed by atoms with Gasteiger partial charge in [-0.25, -0.2) is 0 Å². The van der Waals surface area contributed by atoms with Crippen molar-refractivity contribution in [2.45, 2.75) is 38.6 Å². The zero-order valence-corrected chi connectivity index (χ0v) is 13.1. The summed E-state index contributed by atoms with van der Waals surface area (Å²) in [6, 6.07) is 6.00. The minimum atomic E-state index is 0.0558. The fourth-order valence-corrected chi connectivity index (χ4v) is 2.80. The Kier molecular flexibility index (Phi) is 4.22. The maximum Gasteiger partial charge on any atom is 0.220 e. The summed E-state index contributed by atoms with van der Waals surface area (Å²) in [5.41, 5.74) is 3.23. The van der Waals surface area contributed by atoms with Gasteiger partial charge in [-0.05, 0) is 49.8 Å². The highest BCUT2D eigenvalue weighted by Gasteiger charge is 2.34. The Balaban J connectivity index is 1.63. The van der Waals surface area contributed by atoms with Crippen LogP contribution in [-0.2, 0) is 18.3 Å². The third-order valence-electron chi connectivity index (χ3n) is 4.29. The standard InChI is InChI=1S/C17H22N4O/c1-12-4-3-10-18-16(12)17(13-5-6-13)20-15(22)8-7-14-9-11-19-21(14)2/h3-4,9-11,13,17H,5-8H2,1-2H3,(H,20,22). The van der Waals surface area contributed by atoms with Gasteiger partial charge in [0.15, 0.2) is 0 Å². The van der Waals surface area contributed by atoms with Crippen molar-refractivity contribution in [1.29, 1.82) is 0 Å². The van der Waals surface area contributed by atoms with Gasteiger partial charge >= 0.3 is 0 Å². The zero-order valence-electron chi connectivity index (χ0n) is 13.1. The summed E-state index contributed by atoms with van der Waals surface area (Å²) >= 11 is 0. The molecule has 116 valence electrons. The summed E-state index contributed by atoms with van der Waals surface area (Å²) in [6.45, 7) is 2.06. The van der Waals surface area contributed by atoms with Crippen molar-refractivity contribution >= 4 is 5.91 Å². The number of carbonyl (C=O) groups excluding carboxylic acids is 1. The number of nitrogens with zero attached hydrogens (tertiary/aromatic N) is 3. The van der Waals surface area contributed by atoms with Gasteiger partial charge in [0.2, 0.25) is 5.91 Å². The Morgan fingerprint density at radius 3 is 2.86 bits per heavy atom. The maximum absolute atomic E-state index is 12.3. The van der Waals surface area contributed by atoms with Crippen molar-refractivity contribution in [3.8, 4) is 0 Å². The molecular weight excluding hydrogens is 276 g/mol. The van der Waals surface area contributed by atoms with E-state index in [9.17, 15) is 4.79 Å². The number of rotatable bonds is 6. The third kappa shape index (κ3) is 3.35. The van der Waals surface area contributed by atoms with Crippen LogP contribution >= 0.6 is 0 Å². The largest absolute Gasteiger partial charge is 0.347 e. The van der Waals surface area contributed by atoms with Gasteiger partial charge in [0.25, 0.3) is 0 Å². The summed E-state index contributed by atoms with van der Waals surface area (Å²) in [4.78, 5) is 16.8. The fourth-order valence-electron chi connectivity index (χ4n) is 2.80. The van der Waals surface area contributed by atoms with Crippen LogP contribution in [0, 0.1) is 12.8 Å². The highest BCUT2D eigenvalue weighted by molar-refractivity contribution is 5.76. The second-order valence-corrected chi connectivity index (χ2v) is 6.03. The van der Waals surface area contributed by atoms with Crippen molar-refractivity contribution in [2.24, 2.45) is 13.0 Å². The number of nitrogens with one attached hydrogen (secondary N) is 1. The van der Waals surface area contributed by atoms with Crippen LogP contribution in [-0.4, -0.2) is 20.7 Å². The van der Waals surface area contributed by atoms with E-state index in [4.69, 9.17) is 0 Å². The molecule has 1 N–H and O–H groups in total. The minimum absolute atomic E-state index is 0.0558. The molecule has 0 bridgehead atoms. The summed E-state index contributed by atoms with van der Waals surface area (Å²) in [5.74, 6) is 0.623. The quantitative estimate of drug-likeness (QED) is 0.890. The molecule has 5 nitrogen and oxygen atoms in total. The van der Waals surface area contributed by atoms with Crippen molar-refractivity contribution in [1.82, 2.24) is 20.1 Å².